The van der Waals surface area contributed by atoms with Crippen LogP contribution in [0.4, 0.5) is 0 Å². The fourth-order valence-corrected chi connectivity index (χ4v) is 1.85. The molecule has 172 valence electrons. The molecule has 7 heteroatoms. The van der Waals surface area contributed by atoms with E-state index in [-0.39, 0.29) is 5.75 Å². The molecule has 0 unspecified atom stereocenters. The molecular formula is C24H37N3O3S. The smallest absolute Gasteiger partial charge is 0.211 e. The third-order valence-corrected chi connectivity index (χ3v) is 3.87. The number of phenols is 1. The van der Waals surface area contributed by atoms with Gasteiger partial charge in [0.05, 0.1) is 12.8 Å². The van der Waals surface area contributed by atoms with Gasteiger partial charge < -0.3 is 25.5 Å². The number of methoxy groups -OCH3 is 1. The molecule has 0 saturated carbocycles. The molecule has 2 aromatic carbocycles. The first-order valence-electron chi connectivity index (χ1n) is 9.97. The van der Waals surface area contributed by atoms with Crippen LogP contribution in [-0.4, -0.2) is 50.4 Å². The van der Waals surface area contributed by atoms with Crippen molar-refractivity contribution in [2.75, 3.05) is 27.7 Å². The minimum Gasteiger partial charge on any atom is -0.504 e. The average molecular weight is 448 g/mol. The molecule has 0 heterocycles. The summed E-state index contributed by atoms with van der Waals surface area (Å²) in [6.07, 6.45) is 3.10. The monoisotopic (exact) mass is 447 g/mol. The topological polar surface area (TPSA) is 85.7 Å². The number of hydrogen-bond acceptors (Lipinski definition) is 6. The lowest BCUT2D eigenvalue weighted by Crippen LogP contribution is -2.10. The number of carbonyl (C=O) groups is 1. The number of hydrogen-bond donors (Lipinski definition) is 4. The van der Waals surface area contributed by atoms with Crippen LogP contribution in [0.1, 0.15) is 31.9 Å². The van der Waals surface area contributed by atoms with Gasteiger partial charge in [0.25, 0.3) is 0 Å². The molecule has 6 nitrogen and oxygen atoms in total. The van der Waals surface area contributed by atoms with Crippen LogP contribution in [0.15, 0.2) is 53.1 Å². The molecular weight excluding hydrogens is 410 g/mol. The van der Waals surface area contributed by atoms with Crippen LogP contribution in [-0.2, 0) is 4.79 Å². The summed E-state index contributed by atoms with van der Waals surface area (Å²) in [5.41, 5.74) is 2.34. The Labute approximate surface area is 192 Å². The summed E-state index contributed by atoms with van der Waals surface area (Å²) in [7, 11) is 5.56. The molecule has 0 saturated heterocycles. The van der Waals surface area contributed by atoms with Crippen LogP contribution in [0.25, 0.3) is 6.08 Å². The van der Waals surface area contributed by atoms with Crippen molar-refractivity contribution in [2.45, 2.75) is 32.6 Å². The zero-order chi connectivity index (χ0) is 24.2. The zero-order valence-corrected chi connectivity index (χ0v) is 20.5. The lowest BCUT2D eigenvalue weighted by atomic mass is 10.1. The number of benzene rings is 2. The normalized spacial score (nSPS) is 9.65. The zero-order valence-electron chi connectivity index (χ0n) is 19.6. The number of aryl methyl sites for hydroxylation is 1. The SMILES string of the molecule is CC.CCN(C)C.COc1cc(/C=C(/C=N)NC=O)ccc1O.Cc1ccc(S)cc1. The van der Waals surface area contributed by atoms with Gasteiger partial charge in [-0.1, -0.05) is 44.5 Å². The van der Waals surface area contributed by atoms with Crippen LogP contribution in [0.2, 0.25) is 0 Å². The van der Waals surface area contributed by atoms with Gasteiger partial charge in [-0.3, -0.25) is 4.79 Å². The Balaban J connectivity index is 0. The summed E-state index contributed by atoms with van der Waals surface area (Å²) >= 11 is 4.13. The van der Waals surface area contributed by atoms with Crippen LogP contribution >= 0.6 is 12.6 Å². The van der Waals surface area contributed by atoms with Crippen molar-refractivity contribution < 1.29 is 14.6 Å². The Hall–Kier alpha value is -2.77. The van der Waals surface area contributed by atoms with Gasteiger partial charge in [0.1, 0.15) is 0 Å². The lowest BCUT2D eigenvalue weighted by molar-refractivity contribution is -0.108. The number of phenolic OH excluding ortho intramolecular Hbond substituents is 1. The number of aromatic hydroxyl groups is 1. The molecule has 3 N–H and O–H groups in total. The first kappa shape index (κ1) is 30.4. The first-order chi connectivity index (χ1) is 14.8. The molecule has 0 radical (unpaired) electrons. The second kappa shape index (κ2) is 19.2. The van der Waals surface area contributed by atoms with Crippen molar-refractivity contribution in [1.29, 1.82) is 5.41 Å². The molecule has 0 bridgehead atoms. The van der Waals surface area contributed by atoms with Gasteiger partial charge in [-0.05, 0) is 63.5 Å². The number of nitrogens with one attached hydrogen (secondary N) is 2. The van der Waals surface area contributed by atoms with Crippen LogP contribution in [0, 0.1) is 12.3 Å². The highest BCUT2D eigenvalue weighted by molar-refractivity contribution is 7.80. The predicted octanol–water partition coefficient (Wildman–Crippen LogP) is 5.02. The molecule has 0 spiro atoms. The van der Waals surface area contributed by atoms with Crippen LogP contribution in [0.3, 0.4) is 0 Å². The number of ether oxygens (including phenoxy) is 1. The highest BCUT2D eigenvalue weighted by atomic mass is 32.1. The van der Waals surface area contributed by atoms with E-state index in [1.807, 2.05) is 38.1 Å². The van der Waals surface area contributed by atoms with E-state index in [1.165, 1.54) is 18.7 Å². The average Bonchev–Trinajstić information content (AvgIpc) is 2.78. The number of carbonyl (C=O) groups excluding carboxylic acids is 1. The Morgan fingerprint density at radius 3 is 2.13 bits per heavy atom. The van der Waals surface area contributed by atoms with Crippen LogP contribution in [0.5, 0.6) is 11.5 Å². The van der Waals surface area contributed by atoms with E-state index in [9.17, 15) is 9.90 Å². The minimum atomic E-state index is 0.0411. The van der Waals surface area contributed by atoms with Crippen molar-refractivity contribution >= 4 is 31.3 Å². The highest BCUT2D eigenvalue weighted by Gasteiger charge is 2.01. The fraction of sp³-hybridized carbons (Fsp3) is 0.333. The Bertz CT molecular complexity index is 755. The van der Waals surface area contributed by atoms with Gasteiger partial charge in [-0.15, -0.1) is 12.6 Å². The van der Waals surface area contributed by atoms with Crippen molar-refractivity contribution in [3.8, 4) is 11.5 Å². The van der Waals surface area contributed by atoms with Crippen molar-refractivity contribution in [3.63, 3.8) is 0 Å². The molecule has 0 fully saturated rings. The van der Waals surface area contributed by atoms with Gasteiger partial charge in [-0.25, -0.2) is 0 Å². The van der Waals surface area contributed by atoms with Gasteiger partial charge >= 0.3 is 0 Å². The molecule has 0 atom stereocenters. The van der Waals surface area contributed by atoms with E-state index in [2.05, 4.69) is 50.8 Å². The predicted molar refractivity (Wildman–Crippen MR) is 135 cm³/mol. The largest absolute Gasteiger partial charge is 0.504 e. The lowest BCUT2D eigenvalue weighted by Gasteiger charge is -2.04. The van der Waals surface area contributed by atoms with Crippen molar-refractivity contribution in [1.82, 2.24) is 10.2 Å². The third-order valence-electron chi connectivity index (χ3n) is 3.57. The van der Waals surface area contributed by atoms with Gasteiger partial charge in [0.15, 0.2) is 11.5 Å². The molecule has 2 rings (SSSR count). The Morgan fingerprint density at radius 1 is 1.19 bits per heavy atom. The number of nitrogens with zero attached hydrogens (tertiary/aromatic N) is 1. The third kappa shape index (κ3) is 15.7. The minimum absolute atomic E-state index is 0.0411. The number of rotatable bonds is 6. The number of allylic oxidation sites excluding steroid dienone is 1. The molecule has 0 aromatic heterocycles. The highest BCUT2D eigenvalue weighted by Crippen LogP contribution is 2.26. The van der Waals surface area contributed by atoms with Crippen molar-refractivity contribution in [3.05, 3.63) is 59.3 Å². The summed E-state index contributed by atoms with van der Waals surface area (Å²) in [4.78, 5) is 13.4. The van der Waals surface area contributed by atoms with E-state index in [0.717, 1.165) is 17.7 Å². The van der Waals surface area contributed by atoms with Crippen LogP contribution < -0.4 is 10.1 Å². The number of thiol groups is 1. The van der Waals surface area contributed by atoms with E-state index in [0.29, 0.717) is 23.4 Å². The molecule has 0 aliphatic carbocycles. The molecule has 2 aromatic rings. The second-order valence-corrected chi connectivity index (χ2v) is 6.69. The Kier molecular flexibility index (Phi) is 18.9. The van der Waals surface area contributed by atoms with Gasteiger partial charge in [-0.2, -0.15) is 0 Å². The quantitative estimate of drug-likeness (QED) is 0.285. The molecule has 31 heavy (non-hydrogen) atoms. The first-order valence-corrected chi connectivity index (χ1v) is 10.4. The summed E-state index contributed by atoms with van der Waals surface area (Å²) in [6, 6.07) is 12.8. The van der Waals surface area contributed by atoms with Gasteiger partial charge in [0.2, 0.25) is 6.41 Å². The maximum Gasteiger partial charge on any atom is 0.211 e. The summed E-state index contributed by atoms with van der Waals surface area (Å²) in [6.45, 7) is 9.33. The van der Waals surface area contributed by atoms with Crippen molar-refractivity contribution in [2.24, 2.45) is 0 Å². The second-order valence-electron chi connectivity index (χ2n) is 6.17. The number of amides is 1. The molecule has 0 aliphatic rings. The maximum absolute atomic E-state index is 10.2. The fourth-order valence-electron chi connectivity index (χ4n) is 1.70. The van der Waals surface area contributed by atoms with Gasteiger partial charge in [0, 0.05) is 11.1 Å². The standard InChI is InChI=1S/C11H12N2O3.C7H8S.C4H11N.C2H6/c1-16-11-5-8(2-3-10(11)15)4-9(6-12)13-7-14;1-6-2-4-7(8)5-3-6;1-4-5(2)3;1-2/h2-7,12,15H,1H3,(H,13,14);2-5,8H,1H3;4H2,1-3H3;1-2H3/b9-4-,12-6?;;;. The summed E-state index contributed by atoms with van der Waals surface area (Å²) in [5, 5.41) is 18.8. The van der Waals surface area contributed by atoms with E-state index in [1.54, 1.807) is 18.2 Å². The van der Waals surface area contributed by atoms with E-state index in [4.69, 9.17) is 10.1 Å². The molecule has 0 aliphatic heterocycles. The van der Waals surface area contributed by atoms with E-state index >= 15 is 0 Å². The molecule has 1 amide bonds. The van der Waals surface area contributed by atoms with E-state index < -0.39 is 0 Å². The summed E-state index contributed by atoms with van der Waals surface area (Å²) in [5.74, 6) is 0.378. The summed E-state index contributed by atoms with van der Waals surface area (Å²) < 4.78 is 4.93. The maximum atomic E-state index is 10.2. The Morgan fingerprint density at radius 2 is 1.74 bits per heavy atom.